The molecule has 22 heavy (non-hydrogen) atoms. The number of rotatable bonds is 4. The Hall–Kier alpha value is -1.32. The Kier molecular flexibility index (Phi) is 6.21. The van der Waals surface area contributed by atoms with E-state index in [1.807, 2.05) is 27.7 Å². The normalized spacial score (nSPS) is 24.1. The van der Waals surface area contributed by atoms with Gasteiger partial charge in [0.2, 0.25) is 5.91 Å². The molecular weight excluding hydrogens is 278 g/mol. The van der Waals surface area contributed by atoms with Crippen LogP contribution in [-0.4, -0.2) is 28.5 Å². The van der Waals surface area contributed by atoms with Crippen molar-refractivity contribution < 1.29 is 14.3 Å². The number of ether oxygens (including phenoxy) is 1. The van der Waals surface area contributed by atoms with Gasteiger partial charge >= 0.3 is 6.09 Å². The van der Waals surface area contributed by atoms with E-state index in [0.717, 1.165) is 24.8 Å². The third kappa shape index (κ3) is 4.85. The average molecular weight is 309 g/mol. The molecule has 0 spiro atoms. The molecule has 3 atom stereocenters. The summed E-state index contributed by atoms with van der Waals surface area (Å²) in [6.45, 7) is 15.5. The highest BCUT2D eigenvalue weighted by molar-refractivity contribution is 5.94. The number of piperidine rings is 1. The predicted molar refractivity (Wildman–Crippen MR) is 88.5 cm³/mol. The van der Waals surface area contributed by atoms with Crippen LogP contribution in [0.1, 0.15) is 67.2 Å². The molecule has 4 heteroatoms. The van der Waals surface area contributed by atoms with Gasteiger partial charge in [-0.25, -0.2) is 9.69 Å². The summed E-state index contributed by atoms with van der Waals surface area (Å²) in [5.74, 6) is 0.0290. The standard InChI is InChI=1S/C18H31NO3/c1-8-13(4)15-10-9-14(11-12(2)3)16(20)19(15)17(21)22-18(5,6)7/h13-15H,2,8-11H2,1,3-7H3/t13-,14+,15+/m0/s1. The van der Waals surface area contributed by atoms with Gasteiger partial charge in [0.05, 0.1) is 0 Å². The lowest BCUT2D eigenvalue weighted by Crippen LogP contribution is -2.54. The highest BCUT2D eigenvalue weighted by atomic mass is 16.6. The zero-order valence-corrected chi connectivity index (χ0v) is 14.9. The highest BCUT2D eigenvalue weighted by Gasteiger charge is 2.42. The Morgan fingerprint density at radius 3 is 2.45 bits per heavy atom. The van der Waals surface area contributed by atoms with Crippen LogP contribution < -0.4 is 0 Å². The molecule has 0 aromatic heterocycles. The maximum Gasteiger partial charge on any atom is 0.417 e. The van der Waals surface area contributed by atoms with E-state index in [2.05, 4.69) is 20.4 Å². The van der Waals surface area contributed by atoms with Crippen LogP contribution in [-0.2, 0) is 9.53 Å². The minimum absolute atomic E-state index is 0.0614. The third-order valence-corrected chi connectivity index (χ3v) is 4.22. The third-order valence-electron chi connectivity index (χ3n) is 4.22. The Bertz CT molecular complexity index is 436. The van der Waals surface area contributed by atoms with Crippen LogP contribution in [0.25, 0.3) is 0 Å². The molecule has 0 aliphatic carbocycles. The van der Waals surface area contributed by atoms with Gasteiger partial charge in [-0.1, -0.05) is 25.8 Å². The maximum atomic E-state index is 12.8. The molecule has 0 bridgehead atoms. The monoisotopic (exact) mass is 309 g/mol. The second-order valence-corrected chi connectivity index (χ2v) is 7.58. The molecule has 2 amide bonds. The minimum Gasteiger partial charge on any atom is -0.443 e. The van der Waals surface area contributed by atoms with E-state index in [1.165, 1.54) is 4.90 Å². The average Bonchev–Trinajstić information content (AvgIpc) is 2.37. The molecule has 1 saturated heterocycles. The van der Waals surface area contributed by atoms with Crippen molar-refractivity contribution in [2.75, 3.05) is 0 Å². The van der Waals surface area contributed by atoms with Gasteiger partial charge in [-0.05, 0) is 52.9 Å². The molecular formula is C18H31NO3. The summed E-state index contributed by atoms with van der Waals surface area (Å²) in [7, 11) is 0. The fourth-order valence-corrected chi connectivity index (χ4v) is 2.94. The van der Waals surface area contributed by atoms with Crippen molar-refractivity contribution in [3.8, 4) is 0 Å². The lowest BCUT2D eigenvalue weighted by Gasteiger charge is -2.41. The summed E-state index contributed by atoms with van der Waals surface area (Å²) < 4.78 is 5.47. The molecule has 1 heterocycles. The van der Waals surface area contributed by atoms with Crippen LogP contribution in [0.2, 0.25) is 0 Å². The summed E-state index contributed by atoms with van der Waals surface area (Å²) in [5, 5.41) is 0. The maximum absolute atomic E-state index is 12.8. The number of imide groups is 1. The van der Waals surface area contributed by atoms with Crippen LogP contribution in [0.3, 0.4) is 0 Å². The fourth-order valence-electron chi connectivity index (χ4n) is 2.94. The number of hydrogen-bond donors (Lipinski definition) is 0. The van der Waals surface area contributed by atoms with Gasteiger partial charge in [0.1, 0.15) is 5.60 Å². The first-order chi connectivity index (χ1) is 10.1. The summed E-state index contributed by atoms with van der Waals surface area (Å²) in [4.78, 5) is 26.7. The molecule has 0 radical (unpaired) electrons. The zero-order chi connectivity index (χ0) is 17.1. The van der Waals surface area contributed by atoms with Gasteiger partial charge in [0.25, 0.3) is 0 Å². The molecule has 1 fully saturated rings. The van der Waals surface area contributed by atoms with Crippen LogP contribution in [0.4, 0.5) is 4.79 Å². The number of likely N-dealkylation sites (tertiary alicyclic amines) is 1. The first-order valence-electron chi connectivity index (χ1n) is 8.27. The van der Waals surface area contributed by atoms with Crippen LogP contribution in [0.5, 0.6) is 0 Å². The lowest BCUT2D eigenvalue weighted by molar-refractivity contribution is -0.141. The largest absolute Gasteiger partial charge is 0.443 e. The summed E-state index contributed by atoms with van der Waals surface area (Å²) in [6.07, 6.45) is 2.74. The van der Waals surface area contributed by atoms with Gasteiger partial charge in [-0.3, -0.25) is 4.79 Å². The molecule has 1 aliphatic heterocycles. The predicted octanol–water partition coefficient (Wildman–Crippen LogP) is 4.54. The number of amides is 2. The molecule has 126 valence electrons. The van der Waals surface area contributed by atoms with Crippen molar-refractivity contribution in [2.45, 2.75) is 78.9 Å². The number of hydrogen-bond acceptors (Lipinski definition) is 3. The number of carbonyl (C=O) groups is 2. The summed E-state index contributed by atoms with van der Waals surface area (Å²) >= 11 is 0. The van der Waals surface area contributed by atoms with E-state index in [4.69, 9.17) is 4.74 Å². The number of nitrogens with zero attached hydrogens (tertiary/aromatic N) is 1. The topological polar surface area (TPSA) is 46.6 Å². The fraction of sp³-hybridized carbons (Fsp3) is 0.778. The van der Waals surface area contributed by atoms with E-state index in [1.54, 1.807) is 0 Å². The van der Waals surface area contributed by atoms with E-state index >= 15 is 0 Å². The molecule has 4 nitrogen and oxygen atoms in total. The quantitative estimate of drug-likeness (QED) is 0.716. The molecule has 0 unspecified atom stereocenters. The van der Waals surface area contributed by atoms with E-state index < -0.39 is 11.7 Å². The van der Waals surface area contributed by atoms with Crippen molar-refractivity contribution in [3.05, 3.63) is 12.2 Å². The Balaban J connectivity index is 3.01. The van der Waals surface area contributed by atoms with Crippen LogP contribution in [0.15, 0.2) is 12.2 Å². The highest BCUT2D eigenvalue weighted by Crippen LogP contribution is 2.33. The van der Waals surface area contributed by atoms with Gasteiger partial charge in [-0.2, -0.15) is 0 Å². The van der Waals surface area contributed by atoms with Crippen molar-refractivity contribution in [1.29, 1.82) is 0 Å². The first-order valence-corrected chi connectivity index (χ1v) is 8.27. The number of allylic oxidation sites excluding steroid dienone is 1. The van der Waals surface area contributed by atoms with Gasteiger partial charge in [-0.15, -0.1) is 6.58 Å². The van der Waals surface area contributed by atoms with E-state index in [9.17, 15) is 9.59 Å². The first kappa shape index (κ1) is 18.7. The number of carbonyl (C=O) groups excluding carboxylic acids is 2. The van der Waals surface area contributed by atoms with E-state index in [0.29, 0.717) is 6.42 Å². The Labute approximate surface area is 134 Å². The van der Waals surface area contributed by atoms with Crippen LogP contribution >= 0.6 is 0 Å². The smallest absolute Gasteiger partial charge is 0.417 e. The lowest BCUT2D eigenvalue weighted by atomic mass is 9.83. The Morgan fingerprint density at radius 1 is 1.41 bits per heavy atom. The van der Waals surface area contributed by atoms with Gasteiger partial charge in [0, 0.05) is 12.0 Å². The second kappa shape index (κ2) is 7.30. The zero-order valence-electron chi connectivity index (χ0n) is 14.9. The van der Waals surface area contributed by atoms with Crippen molar-refractivity contribution >= 4 is 12.0 Å². The minimum atomic E-state index is -0.599. The summed E-state index contributed by atoms with van der Waals surface area (Å²) in [5.41, 5.74) is 0.378. The van der Waals surface area contributed by atoms with Crippen LogP contribution in [0, 0.1) is 11.8 Å². The van der Waals surface area contributed by atoms with Gasteiger partial charge in [0.15, 0.2) is 0 Å². The molecule has 0 aromatic carbocycles. The molecule has 0 N–H and O–H groups in total. The molecule has 1 aliphatic rings. The molecule has 1 rings (SSSR count). The Morgan fingerprint density at radius 2 is 2.00 bits per heavy atom. The van der Waals surface area contributed by atoms with E-state index in [-0.39, 0.29) is 23.8 Å². The van der Waals surface area contributed by atoms with Crippen molar-refractivity contribution in [1.82, 2.24) is 4.90 Å². The molecule has 0 saturated carbocycles. The SMILES string of the molecule is C=C(C)C[C@H]1CC[C@H]([C@@H](C)CC)N(C(=O)OC(C)(C)C)C1=O. The second-order valence-electron chi connectivity index (χ2n) is 7.58. The van der Waals surface area contributed by atoms with Crippen molar-refractivity contribution in [3.63, 3.8) is 0 Å². The molecule has 0 aromatic rings. The van der Waals surface area contributed by atoms with Crippen molar-refractivity contribution in [2.24, 2.45) is 11.8 Å². The summed E-state index contributed by atoms with van der Waals surface area (Å²) in [6, 6.07) is -0.0614. The van der Waals surface area contributed by atoms with Gasteiger partial charge < -0.3 is 4.74 Å².